The first-order valence-electron chi connectivity index (χ1n) is 6.39. The van der Waals surface area contributed by atoms with Crippen molar-refractivity contribution >= 4 is 15.9 Å². The maximum Gasteiger partial charge on any atom is 0.267 e. The molecular formula is C13H17BrN4O. The zero-order chi connectivity index (χ0) is 13.8. The molecular weight excluding hydrogens is 308 g/mol. The first-order valence-corrected chi connectivity index (χ1v) is 7.19. The van der Waals surface area contributed by atoms with Gasteiger partial charge in [0.2, 0.25) is 0 Å². The molecule has 0 spiro atoms. The molecule has 0 aliphatic carbocycles. The Morgan fingerprint density at radius 2 is 2.11 bits per heavy atom. The van der Waals surface area contributed by atoms with E-state index in [1.54, 1.807) is 4.57 Å². The molecule has 0 aliphatic heterocycles. The molecule has 0 bridgehead atoms. The summed E-state index contributed by atoms with van der Waals surface area (Å²) in [5, 5.41) is 4.53. The molecule has 0 unspecified atom stereocenters. The highest BCUT2D eigenvalue weighted by Gasteiger charge is 2.09. The van der Waals surface area contributed by atoms with Gasteiger partial charge in [0.05, 0.1) is 24.6 Å². The van der Waals surface area contributed by atoms with E-state index in [0.717, 1.165) is 18.5 Å². The number of halogens is 1. The molecule has 2 heterocycles. The fourth-order valence-electron chi connectivity index (χ4n) is 2.04. The Morgan fingerprint density at radius 3 is 2.79 bits per heavy atom. The Morgan fingerprint density at radius 1 is 1.37 bits per heavy atom. The molecule has 0 aromatic carbocycles. The van der Waals surface area contributed by atoms with Crippen molar-refractivity contribution in [2.45, 2.75) is 39.3 Å². The standard InChI is InChI=1S/C13H17BrN4O/c1-3-11(4-2)18-6-5-10(16-18)8-17-9-15-7-12(14)13(17)19/h5-7,9,11H,3-4,8H2,1-2H3. The zero-order valence-electron chi connectivity index (χ0n) is 11.1. The summed E-state index contributed by atoms with van der Waals surface area (Å²) in [6.07, 6.45) is 7.11. The molecule has 5 nitrogen and oxygen atoms in total. The molecule has 0 saturated heterocycles. The Labute approximate surface area is 120 Å². The van der Waals surface area contributed by atoms with Crippen molar-refractivity contribution in [3.63, 3.8) is 0 Å². The first kappa shape index (κ1) is 14.0. The molecule has 19 heavy (non-hydrogen) atoms. The molecule has 0 fully saturated rings. The third kappa shape index (κ3) is 3.12. The minimum atomic E-state index is -0.0907. The molecule has 102 valence electrons. The van der Waals surface area contributed by atoms with Gasteiger partial charge in [-0.25, -0.2) is 4.98 Å². The van der Waals surface area contributed by atoms with E-state index in [1.165, 1.54) is 12.5 Å². The van der Waals surface area contributed by atoms with Gasteiger partial charge in [-0.1, -0.05) is 13.8 Å². The van der Waals surface area contributed by atoms with E-state index in [1.807, 2.05) is 16.9 Å². The average molecular weight is 325 g/mol. The highest BCUT2D eigenvalue weighted by atomic mass is 79.9. The Balaban J connectivity index is 2.20. The number of aromatic nitrogens is 4. The van der Waals surface area contributed by atoms with Crippen LogP contribution in [0, 0.1) is 0 Å². The third-order valence-electron chi connectivity index (χ3n) is 3.17. The molecule has 0 atom stereocenters. The average Bonchev–Trinajstić information content (AvgIpc) is 2.85. The molecule has 6 heteroatoms. The smallest absolute Gasteiger partial charge is 0.267 e. The summed E-state index contributed by atoms with van der Waals surface area (Å²) in [6.45, 7) is 4.74. The Bertz CT molecular complexity index is 601. The van der Waals surface area contributed by atoms with E-state index in [-0.39, 0.29) is 5.56 Å². The second-order valence-corrected chi connectivity index (χ2v) is 5.29. The van der Waals surface area contributed by atoms with Crippen molar-refractivity contribution in [1.29, 1.82) is 0 Å². The van der Waals surface area contributed by atoms with E-state index >= 15 is 0 Å². The summed E-state index contributed by atoms with van der Waals surface area (Å²) >= 11 is 3.19. The van der Waals surface area contributed by atoms with Gasteiger partial charge in [-0.05, 0) is 34.8 Å². The molecule has 0 radical (unpaired) electrons. The Kier molecular flexibility index (Phi) is 4.52. The van der Waals surface area contributed by atoms with Crippen LogP contribution in [0.25, 0.3) is 0 Å². The van der Waals surface area contributed by atoms with Gasteiger partial charge < -0.3 is 0 Å². The molecule has 0 saturated carbocycles. The van der Waals surface area contributed by atoms with Crippen molar-refractivity contribution in [3.8, 4) is 0 Å². The predicted molar refractivity (Wildman–Crippen MR) is 77.1 cm³/mol. The summed E-state index contributed by atoms with van der Waals surface area (Å²) in [5.41, 5.74) is 0.779. The second kappa shape index (κ2) is 6.14. The van der Waals surface area contributed by atoms with Crippen LogP contribution in [0.1, 0.15) is 38.4 Å². The van der Waals surface area contributed by atoms with E-state index in [4.69, 9.17) is 0 Å². The summed E-state index contributed by atoms with van der Waals surface area (Å²) in [4.78, 5) is 15.9. The van der Waals surface area contributed by atoms with Gasteiger partial charge in [0.25, 0.3) is 5.56 Å². The molecule has 2 aromatic heterocycles. The van der Waals surface area contributed by atoms with Gasteiger partial charge in [-0.15, -0.1) is 0 Å². The minimum absolute atomic E-state index is 0.0907. The minimum Gasteiger partial charge on any atom is -0.292 e. The van der Waals surface area contributed by atoms with Gasteiger partial charge in [-0.2, -0.15) is 5.10 Å². The van der Waals surface area contributed by atoms with Crippen LogP contribution in [0.15, 0.2) is 34.1 Å². The Hall–Kier alpha value is -1.43. The van der Waals surface area contributed by atoms with Gasteiger partial charge in [0.1, 0.15) is 4.47 Å². The van der Waals surface area contributed by atoms with Gasteiger partial charge in [0, 0.05) is 12.4 Å². The predicted octanol–water partition coefficient (Wildman–Crippen LogP) is 2.61. The fraction of sp³-hybridized carbons (Fsp3) is 0.462. The van der Waals surface area contributed by atoms with Crippen LogP contribution in [-0.4, -0.2) is 19.3 Å². The maximum absolute atomic E-state index is 11.9. The molecule has 0 amide bonds. The quantitative estimate of drug-likeness (QED) is 0.849. The van der Waals surface area contributed by atoms with Crippen molar-refractivity contribution in [2.75, 3.05) is 0 Å². The van der Waals surface area contributed by atoms with E-state index < -0.39 is 0 Å². The number of rotatable bonds is 5. The van der Waals surface area contributed by atoms with Crippen LogP contribution in [0.5, 0.6) is 0 Å². The van der Waals surface area contributed by atoms with Crippen molar-refractivity contribution in [2.24, 2.45) is 0 Å². The van der Waals surface area contributed by atoms with Crippen molar-refractivity contribution < 1.29 is 0 Å². The summed E-state index contributed by atoms with van der Waals surface area (Å²) in [6, 6.07) is 2.37. The highest BCUT2D eigenvalue weighted by Crippen LogP contribution is 2.14. The summed E-state index contributed by atoms with van der Waals surface area (Å²) in [5.74, 6) is 0. The van der Waals surface area contributed by atoms with Crippen LogP contribution >= 0.6 is 15.9 Å². The maximum atomic E-state index is 11.9. The highest BCUT2D eigenvalue weighted by molar-refractivity contribution is 9.10. The largest absolute Gasteiger partial charge is 0.292 e. The lowest BCUT2D eigenvalue weighted by molar-refractivity contribution is 0.424. The van der Waals surface area contributed by atoms with E-state index in [0.29, 0.717) is 17.1 Å². The van der Waals surface area contributed by atoms with Gasteiger partial charge in [-0.3, -0.25) is 14.0 Å². The summed E-state index contributed by atoms with van der Waals surface area (Å²) < 4.78 is 3.99. The normalized spacial score (nSPS) is 11.2. The monoisotopic (exact) mass is 324 g/mol. The number of hydrogen-bond acceptors (Lipinski definition) is 3. The second-order valence-electron chi connectivity index (χ2n) is 4.43. The van der Waals surface area contributed by atoms with Crippen molar-refractivity contribution in [1.82, 2.24) is 19.3 Å². The topological polar surface area (TPSA) is 52.7 Å². The zero-order valence-corrected chi connectivity index (χ0v) is 12.7. The molecule has 0 N–H and O–H groups in total. The number of nitrogens with zero attached hydrogens (tertiary/aromatic N) is 4. The fourth-order valence-corrected chi connectivity index (χ4v) is 2.39. The van der Waals surface area contributed by atoms with Crippen LogP contribution in [-0.2, 0) is 6.54 Å². The van der Waals surface area contributed by atoms with Gasteiger partial charge in [0.15, 0.2) is 0 Å². The molecule has 2 aromatic rings. The van der Waals surface area contributed by atoms with E-state index in [2.05, 4.69) is 39.9 Å². The SMILES string of the molecule is CCC(CC)n1ccc(Cn2cncc(Br)c2=O)n1. The lowest BCUT2D eigenvalue weighted by Crippen LogP contribution is -2.21. The van der Waals surface area contributed by atoms with Crippen LogP contribution in [0.2, 0.25) is 0 Å². The van der Waals surface area contributed by atoms with Crippen LogP contribution in [0.4, 0.5) is 0 Å². The molecule has 2 rings (SSSR count). The third-order valence-corrected chi connectivity index (χ3v) is 3.72. The van der Waals surface area contributed by atoms with Crippen LogP contribution in [0.3, 0.4) is 0 Å². The summed E-state index contributed by atoms with van der Waals surface area (Å²) in [7, 11) is 0. The van der Waals surface area contributed by atoms with Crippen LogP contribution < -0.4 is 5.56 Å². The molecule has 0 aliphatic rings. The number of hydrogen-bond donors (Lipinski definition) is 0. The van der Waals surface area contributed by atoms with Gasteiger partial charge >= 0.3 is 0 Å². The van der Waals surface area contributed by atoms with Crippen molar-refractivity contribution in [3.05, 3.63) is 45.3 Å². The first-order chi connectivity index (χ1) is 9.15. The lowest BCUT2D eigenvalue weighted by atomic mass is 10.2. The van der Waals surface area contributed by atoms with E-state index in [9.17, 15) is 4.79 Å². The lowest BCUT2D eigenvalue weighted by Gasteiger charge is -2.12.